The summed E-state index contributed by atoms with van der Waals surface area (Å²) in [5.41, 5.74) is 9.00. The fourth-order valence-electron chi connectivity index (χ4n) is 3.71. The molecule has 8 nitrogen and oxygen atoms in total. The largest absolute Gasteiger partial charge is 0.384 e. The smallest absolute Gasteiger partial charge is 0.246 e. The van der Waals surface area contributed by atoms with Gasteiger partial charge in [-0.15, -0.1) is 0 Å². The number of rotatable bonds is 6. The molecule has 1 fully saturated rings. The molecule has 0 aromatic carbocycles. The van der Waals surface area contributed by atoms with Gasteiger partial charge in [-0.3, -0.25) is 4.79 Å². The van der Waals surface area contributed by atoms with Crippen LogP contribution < -0.4 is 11.1 Å². The molecule has 0 radical (unpaired) electrons. The van der Waals surface area contributed by atoms with Crippen LogP contribution in [0, 0.1) is 0 Å². The minimum absolute atomic E-state index is 0.0504. The summed E-state index contributed by atoms with van der Waals surface area (Å²) < 4.78 is 0. The van der Waals surface area contributed by atoms with Crippen molar-refractivity contribution in [1.29, 1.82) is 0 Å². The zero-order valence-corrected chi connectivity index (χ0v) is 17.9. The molecule has 0 saturated carbocycles. The number of anilines is 2. The maximum atomic E-state index is 12.0. The van der Waals surface area contributed by atoms with Crippen LogP contribution in [0.2, 0.25) is 0 Å². The first-order valence-corrected chi connectivity index (χ1v) is 10.6. The van der Waals surface area contributed by atoms with E-state index in [0.717, 1.165) is 32.9 Å². The predicted molar refractivity (Wildman–Crippen MR) is 121 cm³/mol. The van der Waals surface area contributed by atoms with E-state index in [4.69, 9.17) is 10.7 Å². The first kappa shape index (κ1) is 20.2. The second-order valence-electron chi connectivity index (χ2n) is 7.63. The van der Waals surface area contributed by atoms with Gasteiger partial charge in [0, 0.05) is 31.9 Å². The molecule has 3 aromatic rings. The SMILES string of the molecule is C=CC(=O)N1CCC(Nc2nc(N)cc(CN(C)C)c2-c2nc3cccnc3s2)C1. The van der Waals surface area contributed by atoms with E-state index in [1.54, 1.807) is 11.1 Å². The van der Waals surface area contributed by atoms with Gasteiger partial charge in [-0.25, -0.2) is 15.0 Å². The molecular weight excluding hydrogens is 398 g/mol. The third-order valence-corrected chi connectivity index (χ3v) is 6.00. The number of likely N-dealkylation sites (tertiary alicyclic amines) is 1. The van der Waals surface area contributed by atoms with Crippen molar-refractivity contribution in [2.75, 3.05) is 38.2 Å². The lowest BCUT2D eigenvalue weighted by molar-refractivity contribution is -0.125. The number of nitrogens with two attached hydrogens (primary N) is 1. The lowest BCUT2D eigenvalue weighted by Gasteiger charge is -2.20. The Balaban J connectivity index is 1.74. The van der Waals surface area contributed by atoms with Crippen molar-refractivity contribution in [3.63, 3.8) is 0 Å². The van der Waals surface area contributed by atoms with E-state index in [0.29, 0.717) is 31.3 Å². The minimum Gasteiger partial charge on any atom is -0.384 e. The summed E-state index contributed by atoms with van der Waals surface area (Å²) in [7, 11) is 4.03. The normalized spacial score (nSPS) is 16.4. The minimum atomic E-state index is -0.0504. The van der Waals surface area contributed by atoms with Gasteiger partial charge in [0.15, 0.2) is 0 Å². The number of carbonyl (C=O) groups is 1. The fraction of sp³-hybridized carbons (Fsp3) is 0.333. The van der Waals surface area contributed by atoms with Crippen molar-refractivity contribution in [2.24, 2.45) is 0 Å². The summed E-state index contributed by atoms with van der Waals surface area (Å²) in [6.45, 7) is 5.57. The molecule has 0 spiro atoms. The molecule has 30 heavy (non-hydrogen) atoms. The van der Waals surface area contributed by atoms with Crippen LogP contribution in [-0.2, 0) is 11.3 Å². The zero-order valence-electron chi connectivity index (χ0n) is 17.1. The molecule has 1 atom stereocenters. The Hall–Kier alpha value is -3.04. The molecule has 1 amide bonds. The summed E-state index contributed by atoms with van der Waals surface area (Å²) >= 11 is 1.54. The number of fused-ring (bicyclic) bond motifs is 1. The number of pyridine rings is 2. The average molecular weight is 424 g/mol. The van der Waals surface area contributed by atoms with Crippen molar-refractivity contribution in [3.8, 4) is 10.6 Å². The van der Waals surface area contributed by atoms with E-state index in [2.05, 4.69) is 26.8 Å². The summed E-state index contributed by atoms with van der Waals surface area (Å²) in [6.07, 6.45) is 3.96. The molecule has 4 heterocycles. The van der Waals surface area contributed by atoms with E-state index in [1.807, 2.05) is 32.3 Å². The third-order valence-electron chi connectivity index (χ3n) is 5.00. The fourth-order valence-corrected chi connectivity index (χ4v) is 4.69. The predicted octanol–water partition coefficient (Wildman–Crippen LogP) is 2.60. The number of thiazole rings is 1. The Bertz CT molecular complexity index is 1060. The van der Waals surface area contributed by atoms with Crippen LogP contribution >= 0.6 is 11.3 Å². The maximum absolute atomic E-state index is 12.0. The Morgan fingerprint density at radius 2 is 2.30 bits per heavy atom. The second kappa shape index (κ2) is 8.37. The number of nitrogens with one attached hydrogen (secondary N) is 1. The molecule has 156 valence electrons. The summed E-state index contributed by atoms with van der Waals surface area (Å²) in [5.74, 6) is 1.10. The van der Waals surface area contributed by atoms with Crippen LogP contribution in [0.4, 0.5) is 11.6 Å². The Morgan fingerprint density at radius 3 is 3.03 bits per heavy atom. The van der Waals surface area contributed by atoms with Crippen molar-refractivity contribution in [3.05, 3.63) is 42.6 Å². The first-order valence-electron chi connectivity index (χ1n) is 9.78. The lowest BCUT2D eigenvalue weighted by Crippen LogP contribution is -2.30. The third kappa shape index (κ3) is 4.12. The van der Waals surface area contributed by atoms with E-state index in [9.17, 15) is 4.79 Å². The summed E-state index contributed by atoms with van der Waals surface area (Å²) in [5, 5.41) is 4.38. The molecule has 4 rings (SSSR count). The molecular formula is C21H25N7OS. The van der Waals surface area contributed by atoms with Gasteiger partial charge >= 0.3 is 0 Å². The van der Waals surface area contributed by atoms with Gasteiger partial charge in [-0.1, -0.05) is 17.9 Å². The average Bonchev–Trinajstić information content (AvgIpc) is 3.33. The second-order valence-corrected chi connectivity index (χ2v) is 8.61. The monoisotopic (exact) mass is 423 g/mol. The number of hydrogen-bond donors (Lipinski definition) is 2. The zero-order chi connectivity index (χ0) is 21.3. The molecule has 1 aliphatic rings. The quantitative estimate of drug-likeness (QED) is 0.588. The van der Waals surface area contributed by atoms with Gasteiger partial charge in [0.25, 0.3) is 0 Å². The number of nitrogen functional groups attached to an aromatic ring is 1. The Labute approximate surface area is 179 Å². The number of aromatic nitrogens is 3. The van der Waals surface area contributed by atoms with Crippen LogP contribution in [0.5, 0.6) is 0 Å². The summed E-state index contributed by atoms with van der Waals surface area (Å²) in [6, 6.07) is 5.84. The number of hydrogen-bond acceptors (Lipinski definition) is 8. The van der Waals surface area contributed by atoms with Gasteiger partial charge in [-0.2, -0.15) is 0 Å². The first-order chi connectivity index (χ1) is 14.4. The molecule has 1 saturated heterocycles. The highest BCUT2D eigenvalue weighted by atomic mass is 32.1. The van der Waals surface area contributed by atoms with Crippen LogP contribution in [0.3, 0.4) is 0 Å². The molecule has 0 bridgehead atoms. The molecule has 1 aliphatic heterocycles. The molecule has 9 heteroatoms. The molecule has 1 unspecified atom stereocenters. The van der Waals surface area contributed by atoms with Crippen molar-refractivity contribution >= 4 is 39.2 Å². The van der Waals surface area contributed by atoms with Crippen molar-refractivity contribution in [1.82, 2.24) is 24.8 Å². The molecule has 0 aliphatic carbocycles. The van der Waals surface area contributed by atoms with Crippen LogP contribution in [-0.4, -0.2) is 63.9 Å². The standard InChI is InChI=1S/C21H25N7OS/c1-4-17(29)28-9-7-14(12-28)24-19-18(13(11-27(2)3)10-16(22)26-19)21-25-15-6-5-8-23-20(15)30-21/h4-6,8,10,14H,1,7,9,11-12H2,2-3H3,(H3,22,24,26). The maximum Gasteiger partial charge on any atom is 0.246 e. The number of carbonyl (C=O) groups excluding carboxylic acids is 1. The van der Waals surface area contributed by atoms with E-state index in [-0.39, 0.29) is 11.9 Å². The number of nitrogens with zero attached hydrogens (tertiary/aromatic N) is 5. The van der Waals surface area contributed by atoms with E-state index >= 15 is 0 Å². The summed E-state index contributed by atoms with van der Waals surface area (Å²) in [4.78, 5) is 30.6. The van der Waals surface area contributed by atoms with Gasteiger partial charge < -0.3 is 20.9 Å². The van der Waals surface area contributed by atoms with Gasteiger partial charge in [0.05, 0.1) is 5.56 Å². The van der Waals surface area contributed by atoms with Crippen molar-refractivity contribution in [2.45, 2.75) is 19.0 Å². The van der Waals surface area contributed by atoms with Gasteiger partial charge in [-0.05, 0) is 50.4 Å². The van der Waals surface area contributed by atoms with Crippen molar-refractivity contribution < 1.29 is 4.79 Å². The lowest BCUT2D eigenvalue weighted by atomic mass is 10.1. The van der Waals surface area contributed by atoms with Crippen LogP contribution in [0.1, 0.15) is 12.0 Å². The highest BCUT2D eigenvalue weighted by Crippen LogP contribution is 2.37. The van der Waals surface area contributed by atoms with Gasteiger partial charge in [0.2, 0.25) is 5.91 Å². The van der Waals surface area contributed by atoms with Gasteiger partial charge in [0.1, 0.15) is 27.0 Å². The highest BCUT2D eigenvalue weighted by Gasteiger charge is 2.27. The highest BCUT2D eigenvalue weighted by molar-refractivity contribution is 7.21. The van der Waals surface area contributed by atoms with E-state index in [1.165, 1.54) is 17.4 Å². The van der Waals surface area contributed by atoms with Crippen LogP contribution in [0.15, 0.2) is 37.1 Å². The van der Waals surface area contributed by atoms with E-state index < -0.39 is 0 Å². The Kier molecular flexibility index (Phi) is 5.65. The molecule has 3 N–H and O–H groups in total. The Morgan fingerprint density at radius 1 is 1.47 bits per heavy atom. The topological polar surface area (TPSA) is 100 Å². The number of amides is 1. The molecule has 3 aromatic heterocycles. The van der Waals surface area contributed by atoms with Crippen LogP contribution in [0.25, 0.3) is 20.9 Å².